The van der Waals surface area contributed by atoms with Crippen LogP contribution in [0.15, 0.2) is 24.3 Å². The van der Waals surface area contributed by atoms with E-state index in [1.165, 1.54) is 30.4 Å². The van der Waals surface area contributed by atoms with Crippen LogP contribution >= 0.6 is 0 Å². The molecule has 1 aromatic carbocycles. The van der Waals surface area contributed by atoms with Crippen molar-refractivity contribution < 1.29 is 1.37 Å². The zero-order valence-corrected chi connectivity index (χ0v) is 10.8. The lowest BCUT2D eigenvalue weighted by atomic mass is 9.76. The molecule has 88 valence electrons. The topological polar surface area (TPSA) is 0 Å². The molecule has 0 saturated heterocycles. The van der Waals surface area contributed by atoms with Crippen LogP contribution in [0.1, 0.15) is 71.3 Å². The Morgan fingerprint density at radius 2 is 1.69 bits per heavy atom. The van der Waals surface area contributed by atoms with Crippen LogP contribution in [0.25, 0.3) is 0 Å². The van der Waals surface area contributed by atoms with Gasteiger partial charge in [-0.1, -0.05) is 64.3 Å². The summed E-state index contributed by atoms with van der Waals surface area (Å²) in [4.78, 5) is 0. The first-order valence-corrected chi connectivity index (χ1v) is 6.53. The van der Waals surface area contributed by atoms with Gasteiger partial charge in [-0.15, -0.1) is 0 Å². The van der Waals surface area contributed by atoms with E-state index >= 15 is 0 Å². The monoisotopic (exact) mass is 217 g/mol. The Morgan fingerprint density at radius 3 is 2.31 bits per heavy atom. The van der Waals surface area contributed by atoms with Gasteiger partial charge in [-0.25, -0.2) is 0 Å². The fraction of sp³-hybridized carbons (Fsp3) is 0.625. The van der Waals surface area contributed by atoms with Crippen molar-refractivity contribution in [3.63, 3.8) is 0 Å². The van der Waals surface area contributed by atoms with Gasteiger partial charge in [0.05, 0.1) is 0 Å². The van der Waals surface area contributed by atoms with Gasteiger partial charge in [0.15, 0.2) is 0 Å². The van der Waals surface area contributed by atoms with Gasteiger partial charge in [0, 0.05) is 1.37 Å². The summed E-state index contributed by atoms with van der Waals surface area (Å²) in [6, 6.07) is 8.59. The third-order valence-corrected chi connectivity index (χ3v) is 3.57. The quantitative estimate of drug-likeness (QED) is 0.618. The summed E-state index contributed by atoms with van der Waals surface area (Å²) in [5.41, 5.74) is 2.77. The second-order valence-corrected chi connectivity index (χ2v) is 5.96. The third-order valence-electron chi connectivity index (χ3n) is 3.57. The summed E-state index contributed by atoms with van der Waals surface area (Å²) >= 11 is 0. The fourth-order valence-electron chi connectivity index (χ4n) is 2.69. The summed E-state index contributed by atoms with van der Waals surface area (Å²) in [5.74, 6) is -0.331. The predicted octanol–water partition coefficient (Wildman–Crippen LogP) is 5.03. The SMILES string of the molecule is [2H]C1(c2ccccc2C(C)(C)C)CCCCC1. The number of hydrogen-bond acceptors (Lipinski definition) is 0. The second-order valence-electron chi connectivity index (χ2n) is 5.96. The standard InChI is InChI=1S/C16H24/c1-16(2,3)15-12-8-7-11-14(15)13-9-5-4-6-10-13/h7-8,11-13H,4-6,9-10H2,1-3H3/i13D. The first-order valence-electron chi connectivity index (χ1n) is 7.03. The Morgan fingerprint density at radius 1 is 1.06 bits per heavy atom. The molecule has 2 rings (SSSR count). The average molecular weight is 217 g/mol. The Balaban J connectivity index is 2.44. The third kappa shape index (κ3) is 2.48. The summed E-state index contributed by atoms with van der Waals surface area (Å²) in [7, 11) is 0. The Bertz CT molecular complexity index is 381. The van der Waals surface area contributed by atoms with Crippen LogP contribution in [-0.2, 0) is 5.41 Å². The van der Waals surface area contributed by atoms with Gasteiger partial charge < -0.3 is 0 Å². The zero-order chi connectivity index (χ0) is 12.5. The maximum Gasteiger partial charge on any atom is 0.0352 e. The highest BCUT2D eigenvalue weighted by molar-refractivity contribution is 5.35. The van der Waals surface area contributed by atoms with Crippen molar-refractivity contribution in [2.24, 2.45) is 0 Å². The molecule has 0 heterocycles. The Labute approximate surface area is 101 Å². The van der Waals surface area contributed by atoms with E-state index in [-0.39, 0.29) is 11.3 Å². The van der Waals surface area contributed by atoms with E-state index < -0.39 is 0 Å². The first kappa shape index (κ1) is 10.4. The fourth-order valence-corrected chi connectivity index (χ4v) is 2.69. The van der Waals surface area contributed by atoms with Crippen molar-refractivity contribution in [2.45, 2.75) is 64.2 Å². The van der Waals surface area contributed by atoms with Crippen LogP contribution in [0.2, 0.25) is 0 Å². The molecule has 0 aromatic heterocycles. The molecule has 0 radical (unpaired) electrons. The molecule has 1 fully saturated rings. The Kier molecular flexibility index (Phi) is 2.99. The van der Waals surface area contributed by atoms with Gasteiger partial charge in [0.25, 0.3) is 0 Å². The zero-order valence-electron chi connectivity index (χ0n) is 11.8. The van der Waals surface area contributed by atoms with Gasteiger partial charge in [-0.05, 0) is 35.3 Å². The predicted molar refractivity (Wildman–Crippen MR) is 71.0 cm³/mol. The van der Waals surface area contributed by atoms with E-state index in [0.717, 1.165) is 12.8 Å². The van der Waals surface area contributed by atoms with Crippen LogP contribution in [-0.4, -0.2) is 0 Å². The van der Waals surface area contributed by atoms with E-state index in [0.29, 0.717) is 0 Å². The summed E-state index contributed by atoms with van der Waals surface area (Å²) in [6.45, 7) is 6.74. The first-order chi connectivity index (χ1) is 7.93. The minimum absolute atomic E-state index is 0.141. The lowest BCUT2D eigenvalue weighted by Gasteiger charge is -2.29. The van der Waals surface area contributed by atoms with E-state index in [1.54, 1.807) is 0 Å². The molecule has 0 N–H and O–H groups in total. The van der Waals surface area contributed by atoms with Crippen LogP contribution in [0.3, 0.4) is 0 Å². The normalized spacial score (nSPS) is 21.6. The van der Waals surface area contributed by atoms with Crippen molar-refractivity contribution in [2.75, 3.05) is 0 Å². The van der Waals surface area contributed by atoms with Crippen molar-refractivity contribution in [3.8, 4) is 0 Å². The molecule has 1 aromatic rings. The van der Waals surface area contributed by atoms with Crippen molar-refractivity contribution in [1.29, 1.82) is 0 Å². The molecular weight excluding hydrogens is 192 g/mol. The average Bonchev–Trinajstić information content (AvgIpc) is 2.29. The molecule has 0 bridgehead atoms. The van der Waals surface area contributed by atoms with Gasteiger partial charge in [0.2, 0.25) is 0 Å². The van der Waals surface area contributed by atoms with Crippen molar-refractivity contribution in [3.05, 3.63) is 35.4 Å². The van der Waals surface area contributed by atoms with Crippen LogP contribution < -0.4 is 0 Å². The van der Waals surface area contributed by atoms with E-state index in [9.17, 15) is 0 Å². The molecule has 0 aliphatic heterocycles. The maximum atomic E-state index is 8.78. The van der Waals surface area contributed by atoms with Crippen molar-refractivity contribution in [1.82, 2.24) is 0 Å². The highest BCUT2D eigenvalue weighted by Gasteiger charge is 2.23. The summed E-state index contributed by atoms with van der Waals surface area (Å²) in [5, 5.41) is 0. The number of rotatable bonds is 1. The largest absolute Gasteiger partial charge is 0.0620 e. The van der Waals surface area contributed by atoms with E-state index in [1.807, 2.05) is 0 Å². The second kappa shape index (κ2) is 4.61. The van der Waals surface area contributed by atoms with E-state index in [4.69, 9.17) is 1.37 Å². The maximum absolute atomic E-state index is 8.78. The molecule has 0 heteroatoms. The highest BCUT2D eigenvalue weighted by Crippen LogP contribution is 2.38. The molecule has 0 atom stereocenters. The molecule has 0 spiro atoms. The molecule has 0 unspecified atom stereocenters. The molecule has 0 amide bonds. The van der Waals surface area contributed by atoms with Crippen molar-refractivity contribution >= 4 is 0 Å². The molecular formula is C16H24. The van der Waals surface area contributed by atoms with Crippen LogP contribution in [0.5, 0.6) is 0 Å². The molecule has 1 saturated carbocycles. The van der Waals surface area contributed by atoms with Gasteiger partial charge in [0.1, 0.15) is 0 Å². The summed E-state index contributed by atoms with van der Waals surface area (Å²) in [6.07, 6.45) is 5.78. The number of benzene rings is 1. The van der Waals surface area contributed by atoms with Gasteiger partial charge in [-0.3, -0.25) is 0 Å². The molecule has 1 aliphatic carbocycles. The van der Waals surface area contributed by atoms with Gasteiger partial charge >= 0.3 is 0 Å². The molecule has 1 aliphatic rings. The number of hydrogen-bond donors (Lipinski definition) is 0. The van der Waals surface area contributed by atoms with Crippen LogP contribution in [0, 0.1) is 0 Å². The summed E-state index contributed by atoms with van der Waals surface area (Å²) < 4.78 is 8.78. The minimum atomic E-state index is -0.331. The lowest BCUT2D eigenvalue weighted by Crippen LogP contribution is -2.17. The van der Waals surface area contributed by atoms with Gasteiger partial charge in [-0.2, -0.15) is 0 Å². The lowest BCUT2D eigenvalue weighted by molar-refractivity contribution is 0.435. The molecule has 0 nitrogen and oxygen atoms in total. The van der Waals surface area contributed by atoms with E-state index in [2.05, 4.69) is 45.0 Å². The Hall–Kier alpha value is -0.780. The smallest absolute Gasteiger partial charge is 0.0352 e. The van der Waals surface area contributed by atoms with Crippen LogP contribution in [0.4, 0.5) is 0 Å². The minimum Gasteiger partial charge on any atom is -0.0620 e. The highest BCUT2D eigenvalue weighted by atomic mass is 14.3. The molecule has 16 heavy (non-hydrogen) atoms.